The van der Waals surface area contributed by atoms with E-state index in [1.165, 1.54) is 4.68 Å². The Labute approximate surface area is 173 Å². The zero-order chi connectivity index (χ0) is 20.9. The van der Waals surface area contributed by atoms with E-state index in [-0.39, 0.29) is 36.3 Å². The summed E-state index contributed by atoms with van der Waals surface area (Å²) in [5.41, 5.74) is 1.08. The van der Waals surface area contributed by atoms with Crippen LogP contribution < -0.4 is 10.9 Å². The predicted molar refractivity (Wildman–Crippen MR) is 113 cm³/mol. The summed E-state index contributed by atoms with van der Waals surface area (Å²) in [4.78, 5) is 39.2. The number of rotatable bonds is 5. The van der Waals surface area contributed by atoms with Crippen LogP contribution in [0.4, 0.5) is 5.69 Å². The number of carbonyl (C=O) groups is 2. The first-order valence-electron chi connectivity index (χ1n) is 10.1. The number of fused-ring (bicyclic) bond motifs is 1. The van der Waals surface area contributed by atoms with Gasteiger partial charge in [-0.05, 0) is 37.1 Å². The molecule has 2 amide bonds. The van der Waals surface area contributed by atoms with Gasteiger partial charge in [-0.3, -0.25) is 14.4 Å². The number of nitrogens with zero attached hydrogens (tertiary/aromatic N) is 4. The molecular weight excluding hydrogens is 382 g/mol. The van der Waals surface area contributed by atoms with Crippen LogP contribution in [-0.4, -0.2) is 44.8 Å². The quantitative estimate of drug-likeness (QED) is 0.701. The van der Waals surface area contributed by atoms with Crippen LogP contribution in [0, 0.1) is 5.92 Å². The summed E-state index contributed by atoms with van der Waals surface area (Å²) < 4.78 is 1.24. The Morgan fingerprint density at radius 2 is 1.70 bits per heavy atom. The van der Waals surface area contributed by atoms with Gasteiger partial charge in [-0.15, -0.1) is 5.10 Å². The fourth-order valence-corrected chi connectivity index (χ4v) is 3.69. The molecule has 0 bridgehead atoms. The summed E-state index contributed by atoms with van der Waals surface area (Å²) in [7, 11) is 0. The van der Waals surface area contributed by atoms with Crippen LogP contribution >= 0.6 is 0 Å². The zero-order valence-corrected chi connectivity index (χ0v) is 16.5. The summed E-state index contributed by atoms with van der Waals surface area (Å²) in [5.74, 6) is -0.159. The van der Waals surface area contributed by atoms with E-state index >= 15 is 0 Å². The lowest BCUT2D eigenvalue weighted by atomic mass is 9.95. The van der Waals surface area contributed by atoms with Crippen LogP contribution in [0.5, 0.6) is 0 Å². The molecule has 3 aromatic rings. The summed E-state index contributed by atoms with van der Waals surface area (Å²) >= 11 is 0. The molecule has 30 heavy (non-hydrogen) atoms. The molecule has 154 valence electrons. The molecule has 4 rings (SSSR count). The standard InChI is InChI=1S/C22H23N5O3/c28-20(12-15-27-22(30)18-8-4-5-9-19(18)24-25-27)26-13-10-16(11-14-26)21(29)23-17-6-2-1-3-7-17/h1-9,16H,10-15H2,(H,23,29). The summed E-state index contributed by atoms with van der Waals surface area (Å²) in [6, 6.07) is 16.4. The zero-order valence-electron chi connectivity index (χ0n) is 16.5. The lowest BCUT2D eigenvalue weighted by molar-refractivity contribution is -0.134. The van der Waals surface area contributed by atoms with Crippen molar-refractivity contribution in [2.24, 2.45) is 5.92 Å². The van der Waals surface area contributed by atoms with Gasteiger partial charge >= 0.3 is 0 Å². The van der Waals surface area contributed by atoms with Crippen LogP contribution in [0.2, 0.25) is 0 Å². The molecule has 8 heteroatoms. The van der Waals surface area contributed by atoms with E-state index < -0.39 is 0 Å². The van der Waals surface area contributed by atoms with Crippen molar-refractivity contribution in [1.82, 2.24) is 19.9 Å². The van der Waals surface area contributed by atoms with Gasteiger partial charge in [0.2, 0.25) is 11.8 Å². The summed E-state index contributed by atoms with van der Waals surface area (Å²) in [5, 5.41) is 11.4. The molecule has 1 aliphatic rings. The molecule has 0 atom stereocenters. The predicted octanol–water partition coefficient (Wildman–Crippen LogP) is 2.06. The van der Waals surface area contributed by atoms with E-state index in [0.29, 0.717) is 36.8 Å². The maximum atomic E-state index is 12.6. The summed E-state index contributed by atoms with van der Waals surface area (Å²) in [6.45, 7) is 1.25. The molecule has 0 radical (unpaired) electrons. The molecular formula is C22H23N5O3. The maximum Gasteiger partial charge on any atom is 0.277 e. The van der Waals surface area contributed by atoms with Gasteiger partial charge in [0.25, 0.3) is 5.56 Å². The third-order valence-corrected chi connectivity index (χ3v) is 5.43. The third kappa shape index (κ3) is 4.37. The number of amides is 2. The fraction of sp³-hybridized carbons (Fsp3) is 0.318. The molecule has 2 heterocycles. The number of likely N-dealkylation sites (tertiary alicyclic amines) is 1. The number of aromatic nitrogens is 3. The van der Waals surface area contributed by atoms with Gasteiger partial charge < -0.3 is 10.2 Å². The number of aryl methyl sites for hydroxylation is 1. The molecule has 0 aliphatic carbocycles. The third-order valence-electron chi connectivity index (χ3n) is 5.43. The van der Waals surface area contributed by atoms with Crippen molar-refractivity contribution in [3.8, 4) is 0 Å². The minimum Gasteiger partial charge on any atom is -0.343 e. The molecule has 0 unspecified atom stereocenters. The van der Waals surface area contributed by atoms with Crippen LogP contribution in [0.15, 0.2) is 59.4 Å². The van der Waals surface area contributed by atoms with Crippen molar-refractivity contribution in [2.45, 2.75) is 25.8 Å². The van der Waals surface area contributed by atoms with Crippen molar-refractivity contribution < 1.29 is 9.59 Å². The van der Waals surface area contributed by atoms with E-state index in [2.05, 4.69) is 15.6 Å². The first kappa shape index (κ1) is 19.8. The van der Waals surface area contributed by atoms with Gasteiger partial charge in [0.05, 0.1) is 11.9 Å². The largest absolute Gasteiger partial charge is 0.343 e. The number of para-hydroxylation sites is 1. The fourth-order valence-electron chi connectivity index (χ4n) is 3.69. The van der Waals surface area contributed by atoms with Crippen molar-refractivity contribution in [1.29, 1.82) is 0 Å². The van der Waals surface area contributed by atoms with Crippen LogP contribution in [0.1, 0.15) is 19.3 Å². The first-order chi connectivity index (χ1) is 14.6. The van der Waals surface area contributed by atoms with Crippen LogP contribution in [0.25, 0.3) is 10.9 Å². The van der Waals surface area contributed by atoms with E-state index in [4.69, 9.17) is 0 Å². The average Bonchev–Trinajstić information content (AvgIpc) is 2.79. The van der Waals surface area contributed by atoms with Crippen LogP contribution in [0.3, 0.4) is 0 Å². The Kier molecular flexibility index (Phi) is 5.83. The smallest absolute Gasteiger partial charge is 0.277 e. The Balaban J connectivity index is 1.29. The number of nitrogens with one attached hydrogen (secondary N) is 1. The highest BCUT2D eigenvalue weighted by atomic mass is 16.2. The van der Waals surface area contributed by atoms with Gasteiger partial charge in [0.15, 0.2) is 0 Å². The van der Waals surface area contributed by atoms with Crippen molar-refractivity contribution in [2.75, 3.05) is 18.4 Å². The normalized spacial score (nSPS) is 14.6. The highest BCUT2D eigenvalue weighted by Gasteiger charge is 2.27. The molecule has 1 aliphatic heterocycles. The second-order valence-corrected chi connectivity index (χ2v) is 7.40. The molecule has 1 N–H and O–H groups in total. The lowest BCUT2D eigenvalue weighted by Crippen LogP contribution is -2.42. The van der Waals surface area contributed by atoms with E-state index in [0.717, 1.165) is 5.69 Å². The highest BCUT2D eigenvalue weighted by Crippen LogP contribution is 2.20. The minimum atomic E-state index is -0.246. The first-order valence-corrected chi connectivity index (χ1v) is 10.1. The van der Waals surface area contributed by atoms with Crippen LogP contribution in [-0.2, 0) is 16.1 Å². The number of benzene rings is 2. The second kappa shape index (κ2) is 8.86. The molecule has 1 fully saturated rings. The minimum absolute atomic E-state index is 0.00807. The lowest BCUT2D eigenvalue weighted by Gasteiger charge is -2.31. The van der Waals surface area contributed by atoms with E-state index in [1.54, 1.807) is 29.2 Å². The number of anilines is 1. The van der Waals surface area contributed by atoms with E-state index in [9.17, 15) is 14.4 Å². The van der Waals surface area contributed by atoms with Gasteiger partial charge in [-0.2, -0.15) is 0 Å². The Morgan fingerprint density at radius 1 is 1.00 bits per heavy atom. The highest BCUT2D eigenvalue weighted by molar-refractivity contribution is 5.92. The molecule has 2 aromatic carbocycles. The molecule has 1 aromatic heterocycles. The Bertz CT molecular complexity index is 1100. The topological polar surface area (TPSA) is 97.2 Å². The monoisotopic (exact) mass is 405 g/mol. The van der Waals surface area contributed by atoms with Gasteiger partial charge in [-0.25, -0.2) is 4.68 Å². The van der Waals surface area contributed by atoms with Gasteiger partial charge in [-0.1, -0.05) is 35.5 Å². The maximum absolute atomic E-state index is 12.6. The Hall–Kier alpha value is -3.55. The molecule has 0 saturated carbocycles. The molecule has 1 saturated heterocycles. The number of piperidine rings is 1. The number of carbonyl (C=O) groups excluding carboxylic acids is 2. The summed E-state index contributed by atoms with van der Waals surface area (Å²) in [6.07, 6.45) is 1.42. The van der Waals surface area contributed by atoms with Gasteiger partial charge in [0.1, 0.15) is 5.52 Å². The van der Waals surface area contributed by atoms with Crippen molar-refractivity contribution in [3.63, 3.8) is 0 Å². The van der Waals surface area contributed by atoms with Crippen molar-refractivity contribution in [3.05, 3.63) is 65.0 Å². The molecule has 8 nitrogen and oxygen atoms in total. The number of hydrogen-bond donors (Lipinski definition) is 1. The van der Waals surface area contributed by atoms with E-state index in [1.807, 2.05) is 30.3 Å². The van der Waals surface area contributed by atoms with Crippen molar-refractivity contribution >= 4 is 28.4 Å². The van der Waals surface area contributed by atoms with Gasteiger partial charge in [0, 0.05) is 31.1 Å². The second-order valence-electron chi connectivity index (χ2n) is 7.40. The number of hydrogen-bond acceptors (Lipinski definition) is 5. The SMILES string of the molecule is O=C(Nc1ccccc1)C1CCN(C(=O)CCn2nnc3ccccc3c2=O)CC1. The molecule has 0 spiro atoms. The average molecular weight is 405 g/mol. The Morgan fingerprint density at radius 3 is 2.47 bits per heavy atom.